The summed E-state index contributed by atoms with van der Waals surface area (Å²) in [5.41, 5.74) is 8.35. The largest absolute Gasteiger partial charge is 0.364 e. The molecule has 0 aliphatic heterocycles. The topological polar surface area (TPSA) is 41.4 Å². The fourth-order valence-electron chi connectivity index (χ4n) is 3.33. The van der Waals surface area contributed by atoms with Crippen LogP contribution >= 0.6 is 12.2 Å². The minimum Gasteiger partial charge on any atom is -0.364 e. The van der Waals surface area contributed by atoms with Crippen LogP contribution < -0.4 is 10.7 Å². The van der Waals surface area contributed by atoms with Crippen molar-refractivity contribution in [2.45, 2.75) is 0 Å². The van der Waals surface area contributed by atoms with E-state index in [1.54, 1.807) is 7.05 Å². The minimum atomic E-state index is 0.476. The molecule has 4 nitrogen and oxygen atoms in total. The van der Waals surface area contributed by atoms with Crippen molar-refractivity contribution in [3.63, 3.8) is 0 Å². The van der Waals surface area contributed by atoms with Gasteiger partial charge in [0.2, 0.25) is 0 Å². The number of fused-ring (bicyclic) bond motifs is 1. The zero-order valence-corrected chi connectivity index (χ0v) is 16.3. The van der Waals surface area contributed by atoms with Gasteiger partial charge in [-0.3, -0.25) is 5.43 Å². The smallest absolute Gasteiger partial charge is 0.186 e. The Kier molecular flexibility index (Phi) is 5.17. The Morgan fingerprint density at radius 3 is 2.25 bits per heavy atom. The van der Waals surface area contributed by atoms with Crippen LogP contribution in [0, 0.1) is 0 Å². The van der Waals surface area contributed by atoms with E-state index in [9.17, 15) is 0 Å². The van der Waals surface area contributed by atoms with Crippen LogP contribution in [0.4, 0.5) is 0 Å². The maximum absolute atomic E-state index is 5.13. The van der Waals surface area contributed by atoms with Gasteiger partial charge in [0.25, 0.3) is 0 Å². The number of hydrazone groups is 1. The molecule has 4 aromatic rings. The van der Waals surface area contributed by atoms with E-state index in [-0.39, 0.29) is 0 Å². The summed E-state index contributed by atoms with van der Waals surface area (Å²) < 4.78 is 2.28. The molecule has 0 atom stereocenters. The fourth-order valence-corrected chi connectivity index (χ4v) is 3.39. The first-order valence-electron chi connectivity index (χ1n) is 9.04. The molecule has 0 unspecified atom stereocenters. The molecule has 0 amide bonds. The summed E-state index contributed by atoms with van der Waals surface area (Å²) in [6.45, 7) is 0. The number of hydrogen-bond donors (Lipinski definition) is 2. The Hall–Kier alpha value is -3.44. The van der Waals surface area contributed by atoms with Crippen LogP contribution in [-0.4, -0.2) is 22.9 Å². The van der Waals surface area contributed by atoms with Crippen LogP contribution in [-0.2, 0) is 0 Å². The van der Waals surface area contributed by atoms with Crippen LogP contribution in [0.15, 0.2) is 90.0 Å². The third-order valence-corrected chi connectivity index (χ3v) is 4.86. The monoisotopic (exact) mass is 384 g/mol. The highest BCUT2D eigenvalue weighted by molar-refractivity contribution is 7.80. The molecule has 5 heteroatoms. The lowest BCUT2D eigenvalue weighted by molar-refractivity contribution is 0.982. The molecule has 4 rings (SSSR count). The molecule has 0 spiro atoms. The second kappa shape index (κ2) is 8.06. The predicted octanol–water partition coefficient (Wildman–Crippen LogP) is 4.73. The lowest BCUT2D eigenvalue weighted by Gasteiger charge is -2.12. The van der Waals surface area contributed by atoms with E-state index in [4.69, 9.17) is 12.2 Å². The van der Waals surface area contributed by atoms with Crippen LogP contribution in [0.25, 0.3) is 27.8 Å². The normalized spacial score (nSPS) is 11.0. The Balaban J connectivity index is 2.01. The van der Waals surface area contributed by atoms with Gasteiger partial charge in [-0.2, -0.15) is 5.10 Å². The third-order valence-electron chi connectivity index (χ3n) is 4.56. The molecule has 1 aromatic heterocycles. The van der Waals surface area contributed by atoms with Gasteiger partial charge in [0.1, 0.15) is 0 Å². The van der Waals surface area contributed by atoms with Gasteiger partial charge < -0.3 is 9.88 Å². The lowest BCUT2D eigenvalue weighted by Crippen LogP contribution is -2.28. The fraction of sp³-hybridized carbons (Fsp3) is 0.0435. The van der Waals surface area contributed by atoms with Gasteiger partial charge in [-0.05, 0) is 36.0 Å². The van der Waals surface area contributed by atoms with Crippen molar-refractivity contribution in [3.05, 3.63) is 90.5 Å². The molecule has 0 saturated heterocycles. The van der Waals surface area contributed by atoms with Gasteiger partial charge in [0, 0.05) is 23.7 Å². The number of para-hydroxylation sites is 2. The second-order valence-corrected chi connectivity index (χ2v) is 6.67. The summed E-state index contributed by atoms with van der Waals surface area (Å²) >= 11 is 5.13. The van der Waals surface area contributed by atoms with Crippen LogP contribution in [0.2, 0.25) is 0 Å². The van der Waals surface area contributed by atoms with Gasteiger partial charge in [0.15, 0.2) is 5.11 Å². The van der Waals surface area contributed by atoms with E-state index in [0.717, 1.165) is 33.4 Å². The second-order valence-electron chi connectivity index (χ2n) is 6.27. The highest BCUT2D eigenvalue weighted by Gasteiger charge is 2.18. The predicted molar refractivity (Wildman–Crippen MR) is 121 cm³/mol. The van der Waals surface area contributed by atoms with E-state index in [2.05, 4.69) is 93.2 Å². The van der Waals surface area contributed by atoms with Crippen molar-refractivity contribution < 1.29 is 0 Å². The molecule has 2 N–H and O–H groups in total. The van der Waals surface area contributed by atoms with Crippen LogP contribution in [0.1, 0.15) is 5.56 Å². The first kappa shape index (κ1) is 17.9. The van der Waals surface area contributed by atoms with Crippen molar-refractivity contribution in [1.29, 1.82) is 0 Å². The van der Waals surface area contributed by atoms with E-state index in [1.807, 2.05) is 18.3 Å². The minimum absolute atomic E-state index is 0.476. The van der Waals surface area contributed by atoms with E-state index >= 15 is 0 Å². The molecule has 0 saturated carbocycles. The zero-order chi connectivity index (χ0) is 19.3. The molecule has 0 bridgehead atoms. The quantitative estimate of drug-likeness (QED) is 0.304. The van der Waals surface area contributed by atoms with Crippen LogP contribution in [0.3, 0.4) is 0 Å². The average Bonchev–Trinajstić information content (AvgIpc) is 3.09. The highest BCUT2D eigenvalue weighted by Crippen LogP contribution is 2.35. The number of hydrogen-bond acceptors (Lipinski definition) is 2. The van der Waals surface area contributed by atoms with Gasteiger partial charge in [-0.15, -0.1) is 0 Å². The SMILES string of the molecule is CNC(=S)N/N=C/c1c(-c2ccccc2)n(-c2ccccc2)c2ccccc12. The Labute approximate surface area is 169 Å². The molecule has 28 heavy (non-hydrogen) atoms. The summed E-state index contributed by atoms with van der Waals surface area (Å²) in [6.07, 6.45) is 1.84. The Morgan fingerprint density at radius 1 is 0.893 bits per heavy atom. The van der Waals surface area contributed by atoms with Crippen LogP contribution in [0.5, 0.6) is 0 Å². The summed E-state index contributed by atoms with van der Waals surface area (Å²) in [5, 5.41) is 8.84. The molecule has 0 fully saturated rings. The third kappa shape index (κ3) is 3.40. The summed E-state index contributed by atoms with van der Waals surface area (Å²) in [6, 6.07) is 29.1. The van der Waals surface area contributed by atoms with E-state index < -0.39 is 0 Å². The zero-order valence-electron chi connectivity index (χ0n) is 15.5. The lowest BCUT2D eigenvalue weighted by atomic mass is 10.1. The number of nitrogens with one attached hydrogen (secondary N) is 2. The number of rotatable bonds is 4. The maximum Gasteiger partial charge on any atom is 0.186 e. The van der Waals surface area contributed by atoms with Crippen molar-refractivity contribution in [1.82, 2.24) is 15.3 Å². The molecule has 0 aliphatic carbocycles. The molecule has 1 heterocycles. The molecule has 0 radical (unpaired) electrons. The molecular weight excluding hydrogens is 364 g/mol. The number of nitrogens with zero attached hydrogens (tertiary/aromatic N) is 2. The maximum atomic E-state index is 5.13. The number of thiocarbonyl (C=S) groups is 1. The van der Waals surface area contributed by atoms with E-state index in [0.29, 0.717) is 5.11 Å². The Bertz CT molecular complexity index is 1130. The first-order chi connectivity index (χ1) is 13.8. The van der Waals surface area contributed by atoms with Crippen molar-refractivity contribution in [2.75, 3.05) is 7.05 Å². The molecule has 0 aliphatic rings. The van der Waals surface area contributed by atoms with Crippen molar-refractivity contribution in [3.8, 4) is 16.9 Å². The highest BCUT2D eigenvalue weighted by atomic mass is 32.1. The average molecular weight is 385 g/mol. The van der Waals surface area contributed by atoms with E-state index in [1.165, 1.54) is 0 Å². The number of benzene rings is 3. The Morgan fingerprint density at radius 2 is 1.54 bits per heavy atom. The summed E-state index contributed by atoms with van der Waals surface area (Å²) in [5.74, 6) is 0. The first-order valence-corrected chi connectivity index (χ1v) is 9.45. The molecule has 3 aromatic carbocycles. The van der Waals surface area contributed by atoms with Gasteiger partial charge in [-0.1, -0.05) is 66.7 Å². The van der Waals surface area contributed by atoms with Crippen molar-refractivity contribution >= 4 is 34.4 Å². The van der Waals surface area contributed by atoms with Gasteiger partial charge in [-0.25, -0.2) is 0 Å². The van der Waals surface area contributed by atoms with Gasteiger partial charge in [0.05, 0.1) is 17.4 Å². The molecular formula is C23H20N4S. The van der Waals surface area contributed by atoms with Crippen molar-refractivity contribution in [2.24, 2.45) is 5.10 Å². The van der Waals surface area contributed by atoms with Gasteiger partial charge >= 0.3 is 0 Å². The molecule has 138 valence electrons. The standard InChI is InChI=1S/C23H20N4S/c1-24-23(28)26-25-16-20-19-14-8-9-15-21(19)27(18-12-6-3-7-13-18)22(20)17-10-4-2-5-11-17/h2-16H,1H3,(H2,24,26,28)/b25-16+. The summed E-state index contributed by atoms with van der Waals surface area (Å²) in [4.78, 5) is 0. The number of aromatic nitrogens is 1. The summed E-state index contributed by atoms with van der Waals surface area (Å²) in [7, 11) is 1.77.